The summed E-state index contributed by atoms with van der Waals surface area (Å²) in [6.07, 6.45) is 0. The predicted octanol–water partition coefficient (Wildman–Crippen LogP) is -0.621. The Morgan fingerprint density at radius 3 is 1.24 bits per heavy atom. The summed E-state index contributed by atoms with van der Waals surface area (Å²) in [5, 5.41) is 0. The van der Waals surface area contributed by atoms with Gasteiger partial charge in [-0.15, -0.1) is 0 Å². The Labute approximate surface area is 109 Å². The fourth-order valence-electron chi connectivity index (χ4n) is 1.78. The summed E-state index contributed by atoms with van der Waals surface area (Å²) in [5.74, 6) is 0. The van der Waals surface area contributed by atoms with Crippen LogP contribution in [0.1, 0.15) is 0 Å². The second kappa shape index (κ2) is 6.65. The molecule has 0 saturated carbocycles. The van der Waals surface area contributed by atoms with Gasteiger partial charge in [0.1, 0.15) is 0 Å². The van der Waals surface area contributed by atoms with Gasteiger partial charge >= 0.3 is 109 Å². The first-order chi connectivity index (χ1) is 8.20. The van der Waals surface area contributed by atoms with Crippen LogP contribution in [-0.4, -0.2) is 96.5 Å². The topological polar surface area (TPSA) is 43.4 Å². The molecule has 7 heteroatoms. The van der Waals surface area contributed by atoms with Crippen molar-refractivity contribution in [2.45, 2.75) is 0 Å². The molecule has 17 heavy (non-hydrogen) atoms. The van der Waals surface area contributed by atoms with Gasteiger partial charge in [-0.05, 0) is 0 Å². The molecule has 2 saturated heterocycles. The maximum absolute atomic E-state index is 5.84. The van der Waals surface area contributed by atoms with E-state index in [0.29, 0.717) is 26.4 Å². The first-order valence-electron chi connectivity index (χ1n) is 6.13. The van der Waals surface area contributed by atoms with Gasteiger partial charge in [0, 0.05) is 0 Å². The SMILES string of the molecule is CN1CC[O][Sn]2([O]CC1)[O]CCN(C)CC[O]2. The van der Waals surface area contributed by atoms with Crippen LogP contribution in [0.2, 0.25) is 0 Å². The number of hydrogen-bond acceptors (Lipinski definition) is 6. The van der Waals surface area contributed by atoms with Crippen LogP contribution in [0, 0.1) is 0 Å². The summed E-state index contributed by atoms with van der Waals surface area (Å²) in [6.45, 7) is 6.21. The van der Waals surface area contributed by atoms with E-state index in [-0.39, 0.29) is 0 Å². The first kappa shape index (κ1) is 14.0. The molecule has 1 spiro atoms. The summed E-state index contributed by atoms with van der Waals surface area (Å²) < 4.78 is 23.3. The third kappa shape index (κ3) is 4.30. The van der Waals surface area contributed by atoms with Gasteiger partial charge in [0.05, 0.1) is 0 Å². The number of nitrogens with zero attached hydrogens (tertiary/aromatic N) is 2. The number of hydrogen-bond donors (Lipinski definition) is 0. The van der Waals surface area contributed by atoms with Crippen LogP contribution in [0.3, 0.4) is 0 Å². The average Bonchev–Trinajstić information content (AvgIpc) is 2.23. The monoisotopic (exact) mass is 354 g/mol. The Bertz CT molecular complexity index is 197. The van der Waals surface area contributed by atoms with Crippen LogP contribution in [0.5, 0.6) is 0 Å². The molecule has 2 aliphatic heterocycles. The van der Waals surface area contributed by atoms with Gasteiger partial charge in [0.2, 0.25) is 0 Å². The van der Waals surface area contributed by atoms with Gasteiger partial charge in [0.25, 0.3) is 0 Å². The van der Waals surface area contributed by atoms with Gasteiger partial charge in [0.15, 0.2) is 0 Å². The summed E-state index contributed by atoms with van der Waals surface area (Å²) in [6, 6.07) is 0. The molecule has 2 fully saturated rings. The summed E-state index contributed by atoms with van der Waals surface area (Å²) in [7, 11) is 4.13. The van der Waals surface area contributed by atoms with Gasteiger partial charge in [-0.3, -0.25) is 0 Å². The van der Waals surface area contributed by atoms with Gasteiger partial charge in [-0.25, -0.2) is 0 Å². The van der Waals surface area contributed by atoms with Crippen molar-refractivity contribution in [3.8, 4) is 0 Å². The average molecular weight is 353 g/mol. The predicted molar refractivity (Wildman–Crippen MR) is 64.6 cm³/mol. The molecule has 0 amide bonds. The summed E-state index contributed by atoms with van der Waals surface area (Å²) in [5.41, 5.74) is 0. The number of likely N-dealkylation sites (N-methyl/N-ethyl adjacent to an activating group) is 2. The molecule has 2 aliphatic rings. The normalized spacial score (nSPS) is 29.3. The Hall–Kier alpha value is 0.559. The Kier molecular flexibility index (Phi) is 5.46. The van der Waals surface area contributed by atoms with Crippen LogP contribution < -0.4 is 0 Å². The third-order valence-electron chi connectivity index (χ3n) is 3.01. The van der Waals surface area contributed by atoms with Crippen molar-refractivity contribution in [1.82, 2.24) is 9.80 Å². The molecular formula is C10H22N2O4Sn. The zero-order valence-corrected chi connectivity index (χ0v) is 13.5. The fraction of sp³-hybridized carbons (Fsp3) is 1.00. The minimum atomic E-state index is -3.65. The molecule has 0 aromatic heterocycles. The molecule has 0 aromatic rings. The zero-order valence-electron chi connectivity index (χ0n) is 10.7. The molecule has 6 nitrogen and oxygen atoms in total. The van der Waals surface area contributed by atoms with Crippen molar-refractivity contribution >= 4 is 20.0 Å². The van der Waals surface area contributed by atoms with E-state index in [1.165, 1.54) is 0 Å². The van der Waals surface area contributed by atoms with Crippen molar-refractivity contribution in [1.29, 1.82) is 0 Å². The third-order valence-corrected chi connectivity index (χ3v) is 9.37. The van der Waals surface area contributed by atoms with Crippen LogP contribution in [-0.2, 0) is 12.3 Å². The van der Waals surface area contributed by atoms with E-state index in [2.05, 4.69) is 23.9 Å². The zero-order chi connectivity index (χ0) is 12.1. The molecule has 2 heterocycles. The Morgan fingerprint density at radius 2 is 0.941 bits per heavy atom. The molecule has 0 unspecified atom stereocenters. The van der Waals surface area contributed by atoms with E-state index in [4.69, 9.17) is 12.3 Å². The van der Waals surface area contributed by atoms with E-state index in [0.717, 1.165) is 26.2 Å². The van der Waals surface area contributed by atoms with Crippen molar-refractivity contribution in [2.24, 2.45) is 0 Å². The molecule has 0 bridgehead atoms. The van der Waals surface area contributed by atoms with E-state index < -0.39 is 20.0 Å². The summed E-state index contributed by atoms with van der Waals surface area (Å²) >= 11 is -3.65. The minimum absolute atomic E-state index is 0.641. The molecule has 100 valence electrons. The quantitative estimate of drug-likeness (QED) is 0.541. The molecule has 0 atom stereocenters. The second-order valence-electron chi connectivity index (χ2n) is 4.50. The number of rotatable bonds is 0. The molecule has 0 radical (unpaired) electrons. The Morgan fingerprint density at radius 1 is 0.647 bits per heavy atom. The first-order valence-corrected chi connectivity index (χ1v) is 10.8. The van der Waals surface area contributed by atoms with Crippen LogP contribution in [0.25, 0.3) is 0 Å². The molecule has 2 rings (SSSR count). The van der Waals surface area contributed by atoms with E-state index in [1.807, 2.05) is 0 Å². The van der Waals surface area contributed by atoms with Gasteiger partial charge < -0.3 is 0 Å². The standard InChI is InChI=1S/2C5H11NO2.Sn/c2*1-6(2-4-7)3-5-8;/h2*2-5H2,1H3;/q2*-2;+4. The molecule has 0 N–H and O–H groups in total. The molecule has 0 aliphatic carbocycles. The van der Waals surface area contributed by atoms with E-state index in [1.54, 1.807) is 0 Å². The van der Waals surface area contributed by atoms with E-state index in [9.17, 15) is 0 Å². The fourth-order valence-corrected chi connectivity index (χ4v) is 7.10. The Balaban J connectivity index is 1.91. The molecule has 0 aromatic carbocycles. The van der Waals surface area contributed by atoms with Crippen molar-refractivity contribution in [2.75, 3.05) is 66.7 Å². The van der Waals surface area contributed by atoms with Crippen LogP contribution >= 0.6 is 0 Å². The van der Waals surface area contributed by atoms with Crippen LogP contribution in [0.4, 0.5) is 0 Å². The van der Waals surface area contributed by atoms with Crippen LogP contribution in [0.15, 0.2) is 0 Å². The van der Waals surface area contributed by atoms with Gasteiger partial charge in [-0.2, -0.15) is 0 Å². The molecular weight excluding hydrogens is 331 g/mol. The van der Waals surface area contributed by atoms with Crippen molar-refractivity contribution in [3.05, 3.63) is 0 Å². The maximum atomic E-state index is 5.84. The van der Waals surface area contributed by atoms with E-state index >= 15 is 0 Å². The van der Waals surface area contributed by atoms with Gasteiger partial charge in [-0.1, -0.05) is 0 Å². The van der Waals surface area contributed by atoms with Crippen molar-refractivity contribution in [3.63, 3.8) is 0 Å². The second-order valence-corrected chi connectivity index (χ2v) is 10.7. The summed E-state index contributed by atoms with van der Waals surface area (Å²) in [4.78, 5) is 4.38. The van der Waals surface area contributed by atoms with Crippen molar-refractivity contribution < 1.29 is 12.3 Å².